The van der Waals surface area contributed by atoms with Gasteiger partial charge in [-0.25, -0.2) is 4.68 Å². The molecule has 0 atom stereocenters. The minimum atomic E-state index is -0.184. The van der Waals surface area contributed by atoms with E-state index in [2.05, 4.69) is 20.4 Å². The highest BCUT2D eigenvalue weighted by Crippen LogP contribution is 2.29. The minimum absolute atomic E-state index is 0.184. The first-order chi connectivity index (χ1) is 13.7. The van der Waals surface area contributed by atoms with E-state index in [1.165, 1.54) is 19.3 Å². The molecule has 0 bridgehead atoms. The molecule has 1 aromatic carbocycles. The molecule has 2 aromatic heterocycles. The van der Waals surface area contributed by atoms with Crippen molar-refractivity contribution >= 4 is 17.0 Å². The maximum atomic E-state index is 12.5. The van der Waals surface area contributed by atoms with Crippen LogP contribution in [0.3, 0.4) is 0 Å². The lowest BCUT2D eigenvalue weighted by Crippen LogP contribution is -2.17. The van der Waals surface area contributed by atoms with E-state index in [4.69, 9.17) is 9.47 Å². The number of hydrogen-bond acceptors (Lipinski definition) is 6. The number of methoxy groups -OCH3 is 2. The predicted molar refractivity (Wildman–Crippen MR) is 107 cm³/mol. The van der Waals surface area contributed by atoms with Gasteiger partial charge in [0.1, 0.15) is 16.9 Å². The van der Waals surface area contributed by atoms with Crippen molar-refractivity contribution in [3.8, 4) is 11.5 Å². The molecule has 0 saturated heterocycles. The molecule has 4 rings (SSSR count). The quantitative estimate of drug-likeness (QED) is 0.679. The van der Waals surface area contributed by atoms with Crippen LogP contribution in [0.2, 0.25) is 0 Å². The van der Waals surface area contributed by atoms with Gasteiger partial charge in [-0.3, -0.25) is 9.78 Å². The molecule has 0 amide bonds. The van der Waals surface area contributed by atoms with Gasteiger partial charge in [0, 0.05) is 18.2 Å². The Bertz CT molecular complexity index is 1020. The lowest BCUT2D eigenvalue weighted by atomic mass is 9.96. The van der Waals surface area contributed by atoms with Gasteiger partial charge < -0.3 is 14.8 Å². The third kappa shape index (κ3) is 3.54. The summed E-state index contributed by atoms with van der Waals surface area (Å²) in [6.45, 7) is 0.458. The first-order valence-corrected chi connectivity index (χ1v) is 9.62. The van der Waals surface area contributed by atoms with Gasteiger partial charge >= 0.3 is 0 Å². The summed E-state index contributed by atoms with van der Waals surface area (Å²) in [4.78, 5) is 19.9. The molecular weight excluding hydrogens is 358 g/mol. The van der Waals surface area contributed by atoms with E-state index in [-0.39, 0.29) is 5.56 Å². The molecule has 0 radical (unpaired) electrons. The molecule has 148 valence electrons. The van der Waals surface area contributed by atoms with E-state index in [0.29, 0.717) is 35.3 Å². The van der Waals surface area contributed by atoms with E-state index < -0.39 is 0 Å². The number of benzene rings is 1. The van der Waals surface area contributed by atoms with Crippen molar-refractivity contribution in [3.63, 3.8) is 0 Å². The predicted octanol–water partition coefficient (Wildman–Crippen LogP) is 3.25. The second-order valence-corrected chi connectivity index (χ2v) is 7.06. The summed E-state index contributed by atoms with van der Waals surface area (Å²) in [7, 11) is 3.24. The van der Waals surface area contributed by atoms with E-state index in [0.717, 1.165) is 24.2 Å². The number of nitrogens with one attached hydrogen (secondary N) is 2. The molecule has 8 heteroatoms. The Hall–Kier alpha value is -3.03. The van der Waals surface area contributed by atoms with Gasteiger partial charge in [0.2, 0.25) is 5.95 Å². The van der Waals surface area contributed by atoms with Crippen molar-refractivity contribution in [3.05, 3.63) is 40.3 Å². The van der Waals surface area contributed by atoms with E-state index in [1.807, 2.05) is 22.9 Å². The van der Waals surface area contributed by atoms with Gasteiger partial charge in [-0.05, 0) is 25.0 Å². The summed E-state index contributed by atoms with van der Waals surface area (Å²) in [5.74, 6) is 1.86. The second kappa shape index (κ2) is 7.92. The molecule has 1 aliphatic rings. The van der Waals surface area contributed by atoms with Gasteiger partial charge in [0.05, 0.1) is 26.5 Å². The molecule has 1 fully saturated rings. The Morgan fingerprint density at radius 2 is 2.04 bits per heavy atom. The molecule has 3 aromatic rings. The van der Waals surface area contributed by atoms with Crippen LogP contribution in [0.25, 0.3) is 11.0 Å². The first kappa shape index (κ1) is 18.3. The van der Waals surface area contributed by atoms with Crippen molar-refractivity contribution in [2.75, 3.05) is 19.5 Å². The molecule has 2 heterocycles. The smallest absolute Gasteiger partial charge is 0.263 e. The summed E-state index contributed by atoms with van der Waals surface area (Å²) in [6, 6.07) is 5.94. The Kier molecular flexibility index (Phi) is 5.18. The average molecular weight is 383 g/mol. The van der Waals surface area contributed by atoms with Gasteiger partial charge in [-0.15, -0.1) is 0 Å². The number of rotatable bonds is 6. The number of hydrogen-bond donors (Lipinski definition) is 2. The highest BCUT2D eigenvalue weighted by Gasteiger charge is 2.20. The van der Waals surface area contributed by atoms with E-state index in [9.17, 15) is 4.79 Å². The van der Waals surface area contributed by atoms with Crippen molar-refractivity contribution < 1.29 is 9.47 Å². The second-order valence-electron chi connectivity index (χ2n) is 7.06. The molecule has 8 nitrogen and oxygen atoms in total. The van der Waals surface area contributed by atoms with Crippen LogP contribution in [0.1, 0.15) is 43.7 Å². The zero-order valence-electron chi connectivity index (χ0n) is 16.2. The zero-order valence-corrected chi connectivity index (χ0v) is 16.2. The fourth-order valence-corrected chi connectivity index (χ4v) is 3.79. The molecular formula is C20H25N5O3. The lowest BCUT2D eigenvalue weighted by molar-refractivity contribution is 0.336. The number of nitrogens with zero attached hydrogens (tertiary/aromatic N) is 3. The normalized spacial score (nSPS) is 14.9. The number of fused-ring (bicyclic) bond motifs is 1. The minimum Gasteiger partial charge on any atom is -0.497 e. The molecule has 0 aliphatic heterocycles. The number of aromatic amines is 1. The first-order valence-electron chi connectivity index (χ1n) is 9.62. The SMILES string of the molecule is COc1ccc(CNc2nc3c(cnn3C3CCCCC3)c(=O)[nH]2)c(OC)c1. The highest BCUT2D eigenvalue weighted by atomic mass is 16.5. The maximum absolute atomic E-state index is 12.5. The summed E-state index contributed by atoms with van der Waals surface area (Å²) < 4.78 is 12.6. The molecule has 1 saturated carbocycles. The van der Waals surface area contributed by atoms with E-state index >= 15 is 0 Å². The maximum Gasteiger partial charge on any atom is 0.263 e. The highest BCUT2D eigenvalue weighted by molar-refractivity contribution is 5.74. The molecule has 2 N–H and O–H groups in total. The molecule has 28 heavy (non-hydrogen) atoms. The van der Waals surface area contributed by atoms with Crippen LogP contribution in [0, 0.1) is 0 Å². The molecule has 1 aliphatic carbocycles. The Balaban J connectivity index is 1.60. The van der Waals surface area contributed by atoms with Crippen LogP contribution in [-0.2, 0) is 6.54 Å². The van der Waals surface area contributed by atoms with Crippen molar-refractivity contribution in [2.45, 2.75) is 44.7 Å². The van der Waals surface area contributed by atoms with Gasteiger partial charge in [0.15, 0.2) is 5.65 Å². The van der Waals surface area contributed by atoms with Gasteiger partial charge in [-0.1, -0.05) is 19.3 Å². The number of ether oxygens (including phenoxy) is 2. The molecule has 0 spiro atoms. The topological polar surface area (TPSA) is 94.1 Å². The third-order valence-corrected chi connectivity index (χ3v) is 5.32. The summed E-state index contributed by atoms with van der Waals surface area (Å²) >= 11 is 0. The lowest BCUT2D eigenvalue weighted by Gasteiger charge is -2.22. The largest absolute Gasteiger partial charge is 0.497 e. The number of anilines is 1. The Morgan fingerprint density at radius 1 is 1.21 bits per heavy atom. The van der Waals surface area contributed by atoms with Crippen LogP contribution >= 0.6 is 0 Å². The van der Waals surface area contributed by atoms with Crippen molar-refractivity contribution in [2.24, 2.45) is 0 Å². The zero-order chi connectivity index (χ0) is 19.5. The van der Waals surface area contributed by atoms with Crippen LogP contribution in [-0.4, -0.2) is 34.0 Å². The van der Waals surface area contributed by atoms with E-state index in [1.54, 1.807) is 20.4 Å². The van der Waals surface area contributed by atoms with Crippen molar-refractivity contribution in [1.29, 1.82) is 0 Å². The fourth-order valence-electron chi connectivity index (χ4n) is 3.79. The summed E-state index contributed by atoms with van der Waals surface area (Å²) in [6.07, 6.45) is 7.43. The summed E-state index contributed by atoms with van der Waals surface area (Å²) in [5, 5.41) is 8.18. The average Bonchev–Trinajstić information content (AvgIpc) is 3.17. The summed E-state index contributed by atoms with van der Waals surface area (Å²) in [5.41, 5.74) is 1.39. The fraction of sp³-hybridized carbons (Fsp3) is 0.450. The number of aromatic nitrogens is 4. The van der Waals surface area contributed by atoms with Crippen LogP contribution in [0.4, 0.5) is 5.95 Å². The molecule has 0 unspecified atom stereocenters. The monoisotopic (exact) mass is 383 g/mol. The Morgan fingerprint density at radius 3 is 2.79 bits per heavy atom. The Labute approximate surface area is 162 Å². The standard InChI is InChI=1S/C20H25N5O3/c1-27-15-9-8-13(17(10-15)28-2)11-21-20-23-18-16(19(26)24-20)12-22-25(18)14-6-4-3-5-7-14/h8-10,12,14H,3-7,11H2,1-2H3,(H2,21,23,24,26). The van der Waals surface area contributed by atoms with Crippen LogP contribution in [0.15, 0.2) is 29.2 Å². The van der Waals surface area contributed by atoms with Gasteiger partial charge in [0.25, 0.3) is 5.56 Å². The van der Waals surface area contributed by atoms with Crippen LogP contribution in [0.5, 0.6) is 11.5 Å². The van der Waals surface area contributed by atoms with Gasteiger partial charge in [-0.2, -0.15) is 10.1 Å². The van der Waals surface area contributed by atoms with Crippen LogP contribution < -0.4 is 20.3 Å². The van der Waals surface area contributed by atoms with Crippen molar-refractivity contribution in [1.82, 2.24) is 19.7 Å². The third-order valence-electron chi connectivity index (χ3n) is 5.32. The number of H-pyrrole nitrogens is 1.